The molecule has 1 heterocycles. The van der Waals surface area contributed by atoms with E-state index in [1.54, 1.807) is 0 Å². The van der Waals surface area contributed by atoms with Crippen LogP contribution in [0.3, 0.4) is 0 Å². The minimum atomic E-state index is 0.741. The SMILES string of the molecule is Clc1ccc(-c2ccc(-c3ccc(-c4cccc5ccccc45)cc3)n2-c2ccccc2)cc1. The van der Waals surface area contributed by atoms with E-state index in [-0.39, 0.29) is 0 Å². The highest BCUT2D eigenvalue weighted by atomic mass is 35.5. The van der Waals surface area contributed by atoms with Gasteiger partial charge in [0.05, 0.1) is 11.4 Å². The van der Waals surface area contributed by atoms with Gasteiger partial charge in [0.2, 0.25) is 0 Å². The average molecular weight is 456 g/mol. The minimum Gasteiger partial charge on any atom is -0.309 e. The van der Waals surface area contributed by atoms with Crippen LogP contribution in [0, 0.1) is 0 Å². The second kappa shape index (κ2) is 8.70. The van der Waals surface area contributed by atoms with Crippen molar-refractivity contribution >= 4 is 22.4 Å². The Balaban J connectivity index is 1.47. The average Bonchev–Trinajstić information content (AvgIpc) is 3.35. The summed E-state index contributed by atoms with van der Waals surface area (Å²) in [7, 11) is 0. The molecule has 0 saturated heterocycles. The lowest BCUT2D eigenvalue weighted by molar-refractivity contribution is 1.09. The third-order valence-electron chi connectivity index (χ3n) is 6.32. The van der Waals surface area contributed by atoms with E-state index in [0.29, 0.717) is 0 Å². The largest absolute Gasteiger partial charge is 0.309 e. The lowest BCUT2D eigenvalue weighted by atomic mass is 9.97. The van der Waals surface area contributed by atoms with E-state index >= 15 is 0 Å². The molecule has 0 spiro atoms. The summed E-state index contributed by atoms with van der Waals surface area (Å²) in [6, 6.07) is 46.8. The molecule has 0 N–H and O–H groups in total. The molecule has 0 aliphatic heterocycles. The molecule has 0 bridgehead atoms. The highest BCUT2D eigenvalue weighted by Crippen LogP contribution is 2.35. The number of benzene rings is 5. The molecule has 162 valence electrons. The van der Waals surface area contributed by atoms with Crippen molar-refractivity contribution in [3.8, 4) is 39.3 Å². The van der Waals surface area contributed by atoms with Crippen LogP contribution in [0.5, 0.6) is 0 Å². The lowest BCUT2D eigenvalue weighted by Crippen LogP contribution is -1.99. The number of fused-ring (bicyclic) bond motifs is 1. The van der Waals surface area contributed by atoms with Crippen molar-refractivity contribution < 1.29 is 0 Å². The molecule has 0 atom stereocenters. The molecule has 0 saturated carbocycles. The first-order valence-corrected chi connectivity index (χ1v) is 11.8. The summed E-state index contributed by atoms with van der Waals surface area (Å²) in [5, 5.41) is 3.27. The molecule has 5 aromatic carbocycles. The van der Waals surface area contributed by atoms with Crippen LogP contribution in [0.15, 0.2) is 133 Å². The first-order chi connectivity index (χ1) is 16.8. The van der Waals surface area contributed by atoms with Crippen molar-refractivity contribution in [2.45, 2.75) is 0 Å². The molecule has 0 amide bonds. The Hall–Kier alpha value is -4.07. The normalized spacial score (nSPS) is 11.1. The molecule has 0 radical (unpaired) electrons. The Bertz CT molecular complexity index is 1570. The van der Waals surface area contributed by atoms with E-state index in [4.69, 9.17) is 11.6 Å². The number of aromatic nitrogens is 1. The summed E-state index contributed by atoms with van der Waals surface area (Å²) in [6.45, 7) is 0. The number of hydrogen-bond acceptors (Lipinski definition) is 0. The van der Waals surface area contributed by atoms with Crippen molar-refractivity contribution in [1.29, 1.82) is 0 Å². The smallest absolute Gasteiger partial charge is 0.0535 e. The maximum Gasteiger partial charge on any atom is 0.0535 e. The molecule has 0 aliphatic carbocycles. The van der Waals surface area contributed by atoms with E-state index < -0.39 is 0 Å². The van der Waals surface area contributed by atoms with Gasteiger partial charge in [-0.05, 0) is 69.4 Å². The van der Waals surface area contributed by atoms with E-state index in [0.717, 1.165) is 27.7 Å². The molecular weight excluding hydrogens is 434 g/mol. The van der Waals surface area contributed by atoms with Crippen LogP contribution in [-0.4, -0.2) is 4.57 Å². The van der Waals surface area contributed by atoms with Gasteiger partial charge in [0.1, 0.15) is 0 Å². The van der Waals surface area contributed by atoms with Gasteiger partial charge >= 0.3 is 0 Å². The van der Waals surface area contributed by atoms with Crippen molar-refractivity contribution in [2.24, 2.45) is 0 Å². The van der Waals surface area contributed by atoms with E-state index in [9.17, 15) is 0 Å². The molecule has 1 nitrogen and oxygen atoms in total. The summed E-state index contributed by atoms with van der Waals surface area (Å²) in [4.78, 5) is 0. The molecule has 0 aliphatic rings. The van der Waals surface area contributed by atoms with Crippen LogP contribution in [-0.2, 0) is 0 Å². The monoisotopic (exact) mass is 455 g/mol. The standard InChI is InChI=1S/C32H22ClN/c33-27-19-17-26(18-20-27)32-22-21-31(34(32)28-9-2-1-3-10-28)25-15-13-24(14-16-25)30-12-6-8-23-7-4-5-11-29(23)30/h1-22H. The third kappa shape index (κ3) is 3.71. The van der Waals surface area contributed by atoms with Crippen molar-refractivity contribution in [2.75, 3.05) is 0 Å². The van der Waals surface area contributed by atoms with E-state index in [1.807, 2.05) is 18.2 Å². The Morgan fingerprint density at radius 3 is 1.71 bits per heavy atom. The quantitative estimate of drug-likeness (QED) is 0.249. The van der Waals surface area contributed by atoms with E-state index in [1.165, 1.54) is 27.5 Å². The van der Waals surface area contributed by atoms with Crippen LogP contribution in [0.1, 0.15) is 0 Å². The Labute approximate surface area is 204 Å². The van der Waals surface area contributed by atoms with Gasteiger partial charge in [-0.25, -0.2) is 0 Å². The number of para-hydroxylation sites is 1. The summed E-state index contributed by atoms with van der Waals surface area (Å²) < 4.78 is 2.32. The Morgan fingerprint density at radius 1 is 0.441 bits per heavy atom. The fourth-order valence-electron chi connectivity index (χ4n) is 4.66. The first-order valence-electron chi connectivity index (χ1n) is 11.4. The fraction of sp³-hybridized carbons (Fsp3) is 0. The van der Waals surface area contributed by atoms with Crippen molar-refractivity contribution in [3.05, 3.63) is 138 Å². The summed E-state index contributed by atoms with van der Waals surface area (Å²) >= 11 is 6.15. The van der Waals surface area contributed by atoms with E-state index in [2.05, 4.69) is 120 Å². The van der Waals surface area contributed by atoms with Gasteiger partial charge in [-0.1, -0.05) is 109 Å². The van der Waals surface area contributed by atoms with Gasteiger partial charge in [-0.2, -0.15) is 0 Å². The minimum absolute atomic E-state index is 0.741. The van der Waals surface area contributed by atoms with Crippen LogP contribution >= 0.6 is 11.6 Å². The van der Waals surface area contributed by atoms with Crippen LogP contribution in [0.25, 0.3) is 50.1 Å². The maximum atomic E-state index is 6.15. The molecular formula is C32H22ClN. The number of nitrogens with zero attached hydrogens (tertiary/aromatic N) is 1. The summed E-state index contributed by atoms with van der Waals surface area (Å²) in [5.41, 5.74) is 8.20. The molecule has 6 rings (SSSR count). The topological polar surface area (TPSA) is 4.93 Å². The second-order valence-electron chi connectivity index (χ2n) is 8.39. The zero-order valence-corrected chi connectivity index (χ0v) is 19.3. The Morgan fingerprint density at radius 2 is 1.00 bits per heavy atom. The highest BCUT2D eigenvalue weighted by molar-refractivity contribution is 6.30. The fourth-order valence-corrected chi connectivity index (χ4v) is 4.79. The van der Waals surface area contributed by atoms with Crippen LogP contribution < -0.4 is 0 Å². The molecule has 34 heavy (non-hydrogen) atoms. The molecule has 2 heteroatoms. The summed E-state index contributed by atoms with van der Waals surface area (Å²) in [5.74, 6) is 0. The lowest BCUT2D eigenvalue weighted by Gasteiger charge is -2.15. The van der Waals surface area contributed by atoms with Crippen molar-refractivity contribution in [1.82, 2.24) is 4.57 Å². The first kappa shape index (κ1) is 20.5. The maximum absolute atomic E-state index is 6.15. The molecule has 1 aromatic heterocycles. The van der Waals surface area contributed by atoms with Crippen LogP contribution in [0.2, 0.25) is 5.02 Å². The van der Waals surface area contributed by atoms with Crippen LogP contribution in [0.4, 0.5) is 0 Å². The zero-order chi connectivity index (χ0) is 22.9. The molecule has 0 fully saturated rings. The van der Waals surface area contributed by atoms with Crippen molar-refractivity contribution in [3.63, 3.8) is 0 Å². The Kier molecular flexibility index (Phi) is 5.25. The van der Waals surface area contributed by atoms with Gasteiger partial charge in [-0.15, -0.1) is 0 Å². The van der Waals surface area contributed by atoms with Gasteiger partial charge in [0.25, 0.3) is 0 Å². The number of hydrogen-bond donors (Lipinski definition) is 0. The number of rotatable bonds is 4. The second-order valence-corrected chi connectivity index (χ2v) is 8.82. The zero-order valence-electron chi connectivity index (χ0n) is 18.5. The molecule has 6 aromatic rings. The van der Waals surface area contributed by atoms with Gasteiger partial charge in [-0.3, -0.25) is 0 Å². The van der Waals surface area contributed by atoms with Gasteiger partial charge < -0.3 is 4.57 Å². The highest BCUT2D eigenvalue weighted by Gasteiger charge is 2.14. The predicted molar refractivity (Wildman–Crippen MR) is 145 cm³/mol. The molecule has 0 unspecified atom stereocenters. The predicted octanol–water partition coefficient (Wildman–Crippen LogP) is 9.28. The summed E-state index contributed by atoms with van der Waals surface area (Å²) in [6.07, 6.45) is 0. The van der Waals surface area contributed by atoms with Gasteiger partial charge in [0, 0.05) is 10.7 Å². The van der Waals surface area contributed by atoms with Gasteiger partial charge in [0.15, 0.2) is 0 Å². The third-order valence-corrected chi connectivity index (χ3v) is 6.57. The number of halogens is 1.